The van der Waals surface area contributed by atoms with Gasteiger partial charge in [-0.25, -0.2) is 8.42 Å². The first-order valence-electron chi connectivity index (χ1n) is 13.5. The molecule has 3 rings (SSSR count). The molecule has 214 valence electrons. The first-order chi connectivity index (χ1) is 18.4. The maximum absolute atomic E-state index is 13.6. The van der Waals surface area contributed by atoms with Crippen molar-refractivity contribution in [1.29, 1.82) is 0 Å². The molecule has 1 saturated carbocycles. The normalized spacial score (nSPS) is 15.0. The molecule has 0 saturated heterocycles. The van der Waals surface area contributed by atoms with E-state index in [0.717, 1.165) is 43.1 Å². The summed E-state index contributed by atoms with van der Waals surface area (Å²) in [5.74, 6) is -0.488. The molecule has 0 heterocycles. The maximum atomic E-state index is 13.6. The second kappa shape index (κ2) is 13.9. The van der Waals surface area contributed by atoms with E-state index in [2.05, 4.69) is 5.32 Å². The van der Waals surface area contributed by atoms with E-state index in [1.807, 2.05) is 32.0 Å². The van der Waals surface area contributed by atoms with Crippen molar-refractivity contribution in [2.75, 3.05) is 17.1 Å². The van der Waals surface area contributed by atoms with Crippen molar-refractivity contribution in [2.45, 2.75) is 84.3 Å². The van der Waals surface area contributed by atoms with Crippen LogP contribution in [-0.4, -0.2) is 50.0 Å². The standard InChI is InChI=1S/C29H39Cl2N3O4S/c1-20-16-21(2)18-24(17-20)34(39(4,37)38)15-9-14-28(35)33(19-25-26(30)12-8-13-27(25)31)22(3)29(36)32-23-10-6-5-7-11-23/h8,12-13,16-18,22-23H,5-7,9-11,14-15,19H2,1-4H3,(H,32,36). The summed E-state index contributed by atoms with van der Waals surface area (Å²) in [4.78, 5) is 28.3. The minimum atomic E-state index is -3.57. The molecule has 1 unspecified atom stereocenters. The molecule has 2 aromatic rings. The van der Waals surface area contributed by atoms with Crippen molar-refractivity contribution in [2.24, 2.45) is 0 Å². The average Bonchev–Trinajstić information content (AvgIpc) is 2.85. The Balaban J connectivity index is 1.77. The summed E-state index contributed by atoms with van der Waals surface area (Å²) in [7, 11) is -3.57. The van der Waals surface area contributed by atoms with E-state index in [1.165, 1.54) is 15.6 Å². The number of nitrogens with one attached hydrogen (secondary N) is 1. The van der Waals surface area contributed by atoms with E-state index in [1.54, 1.807) is 25.1 Å². The highest BCUT2D eigenvalue weighted by Gasteiger charge is 2.29. The van der Waals surface area contributed by atoms with Crippen molar-refractivity contribution in [3.05, 3.63) is 63.1 Å². The average molecular weight is 597 g/mol. The number of hydrogen-bond donors (Lipinski definition) is 1. The minimum absolute atomic E-state index is 0.0555. The van der Waals surface area contributed by atoms with E-state index >= 15 is 0 Å². The van der Waals surface area contributed by atoms with Gasteiger partial charge in [0, 0.05) is 41.2 Å². The fourth-order valence-electron chi connectivity index (χ4n) is 5.10. The number of anilines is 1. The molecule has 0 bridgehead atoms. The molecule has 0 aliphatic heterocycles. The van der Waals surface area contributed by atoms with Crippen molar-refractivity contribution >= 4 is 50.7 Å². The number of nitrogens with zero attached hydrogens (tertiary/aromatic N) is 2. The van der Waals surface area contributed by atoms with E-state index < -0.39 is 16.1 Å². The Hall–Kier alpha value is -2.29. The van der Waals surface area contributed by atoms with Crippen LogP contribution in [0.5, 0.6) is 0 Å². The van der Waals surface area contributed by atoms with Gasteiger partial charge in [0.2, 0.25) is 21.8 Å². The Morgan fingerprint density at radius 2 is 1.62 bits per heavy atom. The molecule has 7 nitrogen and oxygen atoms in total. The van der Waals surface area contributed by atoms with Crippen LogP contribution in [-0.2, 0) is 26.2 Å². The smallest absolute Gasteiger partial charge is 0.242 e. The first-order valence-corrected chi connectivity index (χ1v) is 16.1. The third-order valence-electron chi connectivity index (χ3n) is 7.16. The third-order valence-corrected chi connectivity index (χ3v) is 9.06. The number of amides is 2. The van der Waals surface area contributed by atoms with Gasteiger partial charge in [-0.3, -0.25) is 13.9 Å². The Labute approximate surface area is 242 Å². The number of benzene rings is 2. The van der Waals surface area contributed by atoms with E-state index in [9.17, 15) is 18.0 Å². The molecule has 39 heavy (non-hydrogen) atoms. The number of rotatable bonds is 11. The molecule has 0 spiro atoms. The summed E-state index contributed by atoms with van der Waals surface area (Å²) in [5.41, 5.74) is 3.05. The quantitative estimate of drug-likeness (QED) is 0.344. The molecule has 1 N–H and O–H groups in total. The second-order valence-electron chi connectivity index (χ2n) is 10.5. The highest BCUT2D eigenvalue weighted by Crippen LogP contribution is 2.28. The van der Waals surface area contributed by atoms with Gasteiger partial charge in [-0.1, -0.05) is 54.6 Å². The lowest BCUT2D eigenvalue weighted by molar-refractivity contribution is -0.141. The summed E-state index contributed by atoms with van der Waals surface area (Å²) in [5, 5.41) is 3.94. The van der Waals surface area contributed by atoms with Crippen LogP contribution in [0.3, 0.4) is 0 Å². The van der Waals surface area contributed by atoms with Gasteiger partial charge in [-0.05, 0) is 75.4 Å². The molecule has 2 aromatic carbocycles. The number of carbonyl (C=O) groups is 2. The van der Waals surface area contributed by atoms with Gasteiger partial charge >= 0.3 is 0 Å². The van der Waals surface area contributed by atoms with E-state index in [0.29, 0.717) is 21.3 Å². The summed E-state index contributed by atoms with van der Waals surface area (Å²) in [6.07, 6.45) is 6.69. The number of hydrogen-bond acceptors (Lipinski definition) is 4. The summed E-state index contributed by atoms with van der Waals surface area (Å²) < 4.78 is 26.6. The Bertz CT molecular complexity index is 1240. The van der Waals surface area contributed by atoms with Crippen LogP contribution in [0.2, 0.25) is 10.0 Å². The number of aryl methyl sites for hydroxylation is 2. The van der Waals surface area contributed by atoms with Crippen LogP contribution in [0.4, 0.5) is 5.69 Å². The van der Waals surface area contributed by atoms with Crippen molar-refractivity contribution < 1.29 is 18.0 Å². The predicted molar refractivity (Wildman–Crippen MR) is 159 cm³/mol. The van der Waals surface area contributed by atoms with Gasteiger partial charge in [0.1, 0.15) is 6.04 Å². The van der Waals surface area contributed by atoms with Gasteiger partial charge in [0.05, 0.1) is 11.9 Å². The maximum Gasteiger partial charge on any atom is 0.242 e. The third kappa shape index (κ3) is 8.85. The molecule has 1 atom stereocenters. The molecular weight excluding hydrogens is 557 g/mol. The van der Waals surface area contributed by atoms with Crippen LogP contribution in [0.25, 0.3) is 0 Å². The molecule has 0 aromatic heterocycles. The first kappa shape index (κ1) is 31.2. The predicted octanol–water partition coefficient (Wildman–Crippen LogP) is 6.02. The number of sulfonamides is 1. The summed E-state index contributed by atoms with van der Waals surface area (Å²) in [6, 6.07) is 10.1. The fourth-order valence-corrected chi connectivity index (χ4v) is 6.57. The van der Waals surface area contributed by atoms with E-state index in [-0.39, 0.29) is 43.8 Å². The summed E-state index contributed by atoms with van der Waals surface area (Å²) >= 11 is 12.8. The van der Waals surface area contributed by atoms with Crippen molar-refractivity contribution in [1.82, 2.24) is 10.2 Å². The van der Waals surface area contributed by atoms with Crippen LogP contribution in [0.15, 0.2) is 36.4 Å². The van der Waals surface area contributed by atoms with Crippen molar-refractivity contribution in [3.63, 3.8) is 0 Å². The molecule has 2 amide bonds. The molecular formula is C29H39Cl2N3O4S. The van der Waals surface area contributed by atoms with Crippen molar-refractivity contribution in [3.8, 4) is 0 Å². The highest BCUT2D eigenvalue weighted by molar-refractivity contribution is 7.92. The zero-order valence-electron chi connectivity index (χ0n) is 23.2. The van der Waals surface area contributed by atoms with Crippen LogP contribution >= 0.6 is 23.2 Å². The fraction of sp³-hybridized carbons (Fsp3) is 0.517. The largest absolute Gasteiger partial charge is 0.352 e. The SMILES string of the molecule is Cc1cc(C)cc(N(CCCC(=O)N(Cc2c(Cl)cccc2Cl)C(C)C(=O)NC2CCCCC2)S(C)(=O)=O)c1. The second-order valence-corrected chi connectivity index (χ2v) is 13.2. The van der Waals surface area contributed by atoms with Gasteiger partial charge in [0.25, 0.3) is 0 Å². The minimum Gasteiger partial charge on any atom is -0.352 e. The topological polar surface area (TPSA) is 86.8 Å². The Kier molecular flexibility index (Phi) is 11.1. The number of halogens is 2. The summed E-state index contributed by atoms with van der Waals surface area (Å²) in [6.45, 7) is 5.75. The van der Waals surface area contributed by atoms with Gasteiger partial charge in [-0.15, -0.1) is 0 Å². The number of carbonyl (C=O) groups excluding carboxylic acids is 2. The molecule has 1 aliphatic carbocycles. The lowest BCUT2D eigenvalue weighted by Crippen LogP contribution is -2.50. The zero-order valence-corrected chi connectivity index (χ0v) is 25.5. The lowest BCUT2D eigenvalue weighted by atomic mass is 9.95. The van der Waals surface area contributed by atoms with Gasteiger partial charge < -0.3 is 10.2 Å². The molecule has 0 radical (unpaired) electrons. The van der Waals surface area contributed by atoms with Crippen LogP contribution in [0.1, 0.15) is 68.6 Å². The van der Waals surface area contributed by atoms with Gasteiger partial charge in [0.15, 0.2) is 0 Å². The van der Waals surface area contributed by atoms with Crippen LogP contribution < -0.4 is 9.62 Å². The molecule has 10 heteroatoms. The Morgan fingerprint density at radius 3 is 2.18 bits per heavy atom. The molecule has 1 aliphatic rings. The van der Waals surface area contributed by atoms with E-state index in [4.69, 9.17) is 23.2 Å². The monoisotopic (exact) mass is 595 g/mol. The van der Waals surface area contributed by atoms with Crippen LogP contribution in [0, 0.1) is 13.8 Å². The molecule has 1 fully saturated rings. The highest BCUT2D eigenvalue weighted by atomic mass is 35.5. The Morgan fingerprint density at radius 1 is 1.03 bits per heavy atom. The van der Waals surface area contributed by atoms with Gasteiger partial charge in [-0.2, -0.15) is 0 Å². The lowest BCUT2D eigenvalue weighted by Gasteiger charge is -2.32. The zero-order chi connectivity index (χ0) is 28.7.